The van der Waals surface area contributed by atoms with Gasteiger partial charge in [-0.05, 0) is 56.6 Å². The molecule has 2 aromatic heterocycles. The van der Waals surface area contributed by atoms with Crippen LogP contribution >= 0.6 is 0 Å². The minimum absolute atomic E-state index is 0.0447. The summed E-state index contributed by atoms with van der Waals surface area (Å²) in [7, 11) is 1.90. The second kappa shape index (κ2) is 6.96. The molecule has 1 saturated heterocycles. The number of benzene rings is 1. The molecular formula is C20H23N5O. The van der Waals surface area contributed by atoms with Gasteiger partial charge in [0.25, 0.3) is 0 Å². The Morgan fingerprint density at radius 3 is 2.69 bits per heavy atom. The quantitative estimate of drug-likeness (QED) is 0.708. The lowest BCUT2D eigenvalue weighted by atomic mass is 10.0. The summed E-state index contributed by atoms with van der Waals surface area (Å²) in [5.41, 5.74) is 3.71. The van der Waals surface area contributed by atoms with Gasteiger partial charge in [0.05, 0.1) is 29.9 Å². The van der Waals surface area contributed by atoms with E-state index in [0.717, 1.165) is 40.8 Å². The Balaban J connectivity index is 1.57. The number of hydrogen-bond donors (Lipinski definition) is 0. The summed E-state index contributed by atoms with van der Waals surface area (Å²) in [5, 5.41) is 13.8. The van der Waals surface area contributed by atoms with Crippen LogP contribution in [0.4, 0.5) is 0 Å². The zero-order chi connectivity index (χ0) is 18.1. The number of fused-ring (bicyclic) bond motifs is 1. The summed E-state index contributed by atoms with van der Waals surface area (Å²) in [4.78, 5) is 14.9. The number of rotatable bonds is 5. The van der Waals surface area contributed by atoms with Crippen molar-refractivity contribution in [1.82, 2.24) is 24.9 Å². The topological polar surface area (TPSA) is 63.9 Å². The minimum atomic E-state index is -0.0447. The Bertz CT molecular complexity index is 942. The van der Waals surface area contributed by atoms with E-state index in [1.54, 1.807) is 4.68 Å². The van der Waals surface area contributed by atoms with E-state index in [-0.39, 0.29) is 11.8 Å². The second-order valence-corrected chi connectivity index (χ2v) is 7.07. The summed E-state index contributed by atoms with van der Waals surface area (Å²) in [5.74, 6) is 0.212. The average molecular weight is 349 g/mol. The molecule has 3 heterocycles. The van der Waals surface area contributed by atoms with Gasteiger partial charge in [0.2, 0.25) is 0 Å². The molecule has 0 amide bonds. The lowest BCUT2D eigenvalue weighted by Gasteiger charge is -2.22. The first-order valence-corrected chi connectivity index (χ1v) is 9.12. The number of carbonyl (C=O) groups is 1. The van der Waals surface area contributed by atoms with Crippen molar-refractivity contribution in [2.75, 3.05) is 13.1 Å². The Kier molecular flexibility index (Phi) is 4.51. The van der Waals surface area contributed by atoms with E-state index in [4.69, 9.17) is 0 Å². The predicted octanol–water partition coefficient (Wildman–Crippen LogP) is 2.63. The highest BCUT2D eigenvalue weighted by Gasteiger charge is 2.24. The summed E-state index contributed by atoms with van der Waals surface area (Å²) >= 11 is 0. The highest BCUT2D eigenvalue weighted by atomic mass is 16.1. The van der Waals surface area contributed by atoms with Crippen LogP contribution in [0.2, 0.25) is 0 Å². The lowest BCUT2D eigenvalue weighted by molar-refractivity contribution is -0.122. The van der Waals surface area contributed by atoms with Gasteiger partial charge in [0.15, 0.2) is 5.78 Å². The first-order valence-electron chi connectivity index (χ1n) is 9.12. The van der Waals surface area contributed by atoms with Crippen LogP contribution in [0.1, 0.15) is 25.5 Å². The van der Waals surface area contributed by atoms with Gasteiger partial charge in [0.1, 0.15) is 0 Å². The zero-order valence-electron chi connectivity index (χ0n) is 15.2. The summed E-state index contributed by atoms with van der Waals surface area (Å²) in [6, 6.07) is 8.00. The molecule has 1 aliphatic rings. The molecule has 26 heavy (non-hydrogen) atoms. The van der Waals surface area contributed by atoms with Gasteiger partial charge in [-0.15, -0.1) is 0 Å². The number of likely N-dealkylation sites (tertiary alicyclic amines) is 1. The van der Waals surface area contributed by atoms with Crippen LogP contribution in [0.15, 0.2) is 36.7 Å². The van der Waals surface area contributed by atoms with Gasteiger partial charge in [-0.2, -0.15) is 15.3 Å². The summed E-state index contributed by atoms with van der Waals surface area (Å²) in [6.45, 7) is 4.04. The molecule has 134 valence electrons. The number of Topliss-reactive ketones (excluding diaryl/α,β-unsaturated/α-hetero) is 1. The molecule has 0 saturated carbocycles. The number of carbonyl (C=O) groups excluding carboxylic acids is 1. The third-order valence-electron chi connectivity index (χ3n) is 5.18. The maximum Gasteiger partial charge on any atom is 0.155 e. The van der Waals surface area contributed by atoms with E-state index >= 15 is 0 Å². The Hall–Kier alpha value is -2.60. The van der Waals surface area contributed by atoms with E-state index in [2.05, 4.69) is 26.3 Å². The molecule has 1 aromatic carbocycles. The number of aryl methyl sites for hydroxylation is 1. The van der Waals surface area contributed by atoms with Gasteiger partial charge in [-0.25, -0.2) is 0 Å². The fraction of sp³-hybridized carbons (Fsp3) is 0.400. The van der Waals surface area contributed by atoms with Gasteiger partial charge < -0.3 is 0 Å². The summed E-state index contributed by atoms with van der Waals surface area (Å²) in [6.07, 6.45) is 6.53. The molecule has 0 aliphatic carbocycles. The van der Waals surface area contributed by atoms with E-state index in [0.29, 0.717) is 6.42 Å². The molecule has 4 rings (SSSR count). The van der Waals surface area contributed by atoms with Crippen molar-refractivity contribution >= 4 is 16.7 Å². The first kappa shape index (κ1) is 16.8. The largest absolute Gasteiger partial charge is 0.298 e. The van der Waals surface area contributed by atoms with Crippen molar-refractivity contribution in [3.8, 4) is 11.1 Å². The molecule has 0 spiro atoms. The van der Waals surface area contributed by atoms with Crippen molar-refractivity contribution in [3.05, 3.63) is 42.4 Å². The van der Waals surface area contributed by atoms with Crippen LogP contribution < -0.4 is 0 Å². The standard InChI is InChI=1S/C20H23N5O/c1-14(25-7-3-4-8-25)20(26)11-18-10-16-9-15(5-6-19(16)23-22-18)17-12-21-24(2)13-17/h5-6,9-10,12-14H,3-4,7-8,11H2,1-2H3/t14-/m1/s1. The van der Waals surface area contributed by atoms with E-state index in [1.807, 2.05) is 44.6 Å². The van der Waals surface area contributed by atoms with E-state index in [1.165, 1.54) is 12.8 Å². The van der Waals surface area contributed by atoms with Crippen LogP contribution in [0, 0.1) is 0 Å². The monoisotopic (exact) mass is 349 g/mol. The summed E-state index contributed by atoms with van der Waals surface area (Å²) < 4.78 is 1.79. The molecule has 3 aromatic rings. The lowest BCUT2D eigenvalue weighted by Crippen LogP contribution is -2.37. The van der Waals surface area contributed by atoms with Crippen LogP contribution in [0.25, 0.3) is 22.0 Å². The molecule has 0 radical (unpaired) electrons. The van der Waals surface area contributed by atoms with E-state index < -0.39 is 0 Å². The van der Waals surface area contributed by atoms with Crippen molar-refractivity contribution in [2.24, 2.45) is 7.05 Å². The highest BCUT2D eigenvalue weighted by Crippen LogP contribution is 2.23. The maximum absolute atomic E-state index is 12.6. The highest BCUT2D eigenvalue weighted by molar-refractivity contribution is 5.88. The number of ketones is 1. The second-order valence-electron chi connectivity index (χ2n) is 7.07. The fourth-order valence-corrected chi connectivity index (χ4v) is 3.58. The number of hydrogen-bond acceptors (Lipinski definition) is 5. The Morgan fingerprint density at radius 1 is 1.15 bits per heavy atom. The molecule has 0 unspecified atom stereocenters. The molecule has 1 fully saturated rings. The minimum Gasteiger partial charge on any atom is -0.298 e. The van der Waals surface area contributed by atoms with Crippen molar-refractivity contribution in [1.29, 1.82) is 0 Å². The van der Waals surface area contributed by atoms with Gasteiger partial charge in [-0.3, -0.25) is 14.4 Å². The molecule has 6 nitrogen and oxygen atoms in total. The fourth-order valence-electron chi connectivity index (χ4n) is 3.58. The molecule has 6 heteroatoms. The molecule has 1 atom stereocenters. The molecule has 0 bridgehead atoms. The van der Waals surface area contributed by atoms with Crippen LogP contribution in [-0.4, -0.2) is 49.8 Å². The maximum atomic E-state index is 12.6. The van der Waals surface area contributed by atoms with Crippen molar-refractivity contribution < 1.29 is 4.79 Å². The normalized spacial score (nSPS) is 16.2. The smallest absolute Gasteiger partial charge is 0.155 e. The number of aromatic nitrogens is 4. The third kappa shape index (κ3) is 3.37. The van der Waals surface area contributed by atoms with Crippen LogP contribution in [0.3, 0.4) is 0 Å². The first-order chi connectivity index (χ1) is 12.6. The zero-order valence-corrected chi connectivity index (χ0v) is 15.2. The van der Waals surface area contributed by atoms with Gasteiger partial charge in [-0.1, -0.05) is 6.07 Å². The van der Waals surface area contributed by atoms with Crippen LogP contribution in [-0.2, 0) is 18.3 Å². The SMILES string of the molecule is C[C@H](C(=O)Cc1cc2cc(-c3cnn(C)c3)ccc2nn1)N1CCCC1. The number of nitrogens with zero attached hydrogens (tertiary/aromatic N) is 5. The molecular weight excluding hydrogens is 326 g/mol. The van der Waals surface area contributed by atoms with Gasteiger partial charge in [0, 0.05) is 24.2 Å². The predicted molar refractivity (Wildman–Crippen MR) is 101 cm³/mol. The van der Waals surface area contributed by atoms with Gasteiger partial charge >= 0.3 is 0 Å². The Morgan fingerprint density at radius 2 is 1.96 bits per heavy atom. The molecule has 1 aliphatic heterocycles. The third-order valence-corrected chi connectivity index (χ3v) is 5.18. The average Bonchev–Trinajstić information content (AvgIpc) is 3.32. The van der Waals surface area contributed by atoms with Crippen molar-refractivity contribution in [2.45, 2.75) is 32.2 Å². The van der Waals surface area contributed by atoms with E-state index in [9.17, 15) is 4.79 Å². The molecule has 0 N–H and O–H groups in total. The Labute approximate surface area is 152 Å². The van der Waals surface area contributed by atoms with Crippen LogP contribution in [0.5, 0.6) is 0 Å². The van der Waals surface area contributed by atoms with Crippen molar-refractivity contribution in [3.63, 3.8) is 0 Å².